The van der Waals surface area contributed by atoms with E-state index in [0.717, 1.165) is 28.9 Å². The predicted molar refractivity (Wildman–Crippen MR) is 77.5 cm³/mol. The van der Waals surface area contributed by atoms with Crippen LogP contribution in [0.25, 0.3) is 0 Å². The summed E-state index contributed by atoms with van der Waals surface area (Å²) in [5.74, 6) is 1.56. The van der Waals surface area contributed by atoms with Crippen molar-refractivity contribution in [2.24, 2.45) is 0 Å². The average molecular weight is 283 g/mol. The number of nitrogens with zero attached hydrogens (tertiary/aromatic N) is 2. The van der Waals surface area contributed by atoms with Gasteiger partial charge in [-0.15, -0.1) is 11.3 Å². The fraction of sp³-hybridized carbons (Fsp3) is 0.333. The zero-order chi connectivity index (χ0) is 12.8. The Morgan fingerprint density at radius 2 is 2.00 bits per heavy atom. The topological polar surface area (TPSA) is 49.8 Å². The molecule has 96 valence electrons. The lowest BCUT2D eigenvalue weighted by atomic mass is 10.4. The summed E-state index contributed by atoms with van der Waals surface area (Å²) in [5, 5.41) is 6.43. The fourth-order valence-corrected chi connectivity index (χ4v) is 2.44. The van der Waals surface area contributed by atoms with E-state index < -0.39 is 0 Å². The van der Waals surface area contributed by atoms with Gasteiger partial charge < -0.3 is 10.6 Å². The summed E-state index contributed by atoms with van der Waals surface area (Å²) < 4.78 is 0.802. The second-order valence-electron chi connectivity index (χ2n) is 3.78. The molecule has 0 aliphatic rings. The highest BCUT2D eigenvalue weighted by atomic mass is 35.5. The Morgan fingerprint density at radius 1 is 1.22 bits per heavy atom. The van der Waals surface area contributed by atoms with Crippen molar-refractivity contribution in [3.63, 3.8) is 0 Å². The summed E-state index contributed by atoms with van der Waals surface area (Å²) in [6.07, 6.45) is 4.50. The molecule has 0 aliphatic heterocycles. The monoisotopic (exact) mass is 282 g/mol. The van der Waals surface area contributed by atoms with Crippen LogP contribution in [0.5, 0.6) is 0 Å². The molecule has 6 heteroatoms. The van der Waals surface area contributed by atoms with E-state index in [9.17, 15) is 0 Å². The zero-order valence-corrected chi connectivity index (χ0v) is 11.7. The number of aromatic nitrogens is 2. The second-order valence-corrected chi connectivity index (χ2v) is 5.58. The molecule has 0 amide bonds. The zero-order valence-electron chi connectivity index (χ0n) is 10.1. The van der Waals surface area contributed by atoms with Gasteiger partial charge in [0.1, 0.15) is 11.6 Å². The van der Waals surface area contributed by atoms with Gasteiger partial charge in [0.2, 0.25) is 0 Å². The van der Waals surface area contributed by atoms with Crippen molar-refractivity contribution in [1.82, 2.24) is 9.97 Å². The molecule has 2 rings (SSSR count). The molecule has 0 aromatic carbocycles. The molecule has 2 heterocycles. The minimum atomic E-state index is 0.712. The third-order valence-electron chi connectivity index (χ3n) is 2.26. The largest absolute Gasteiger partial charge is 0.369 e. The maximum absolute atomic E-state index is 5.88. The van der Waals surface area contributed by atoms with Crippen molar-refractivity contribution in [3.05, 3.63) is 33.7 Å². The SMILES string of the molecule is CCCNc1cncc(NCc2ccc(Cl)s2)n1. The van der Waals surface area contributed by atoms with Crippen molar-refractivity contribution in [2.45, 2.75) is 19.9 Å². The summed E-state index contributed by atoms with van der Waals surface area (Å²) in [6, 6.07) is 3.90. The van der Waals surface area contributed by atoms with Crippen LogP contribution in [0.4, 0.5) is 11.6 Å². The van der Waals surface area contributed by atoms with Crippen LogP contribution >= 0.6 is 22.9 Å². The van der Waals surface area contributed by atoms with E-state index in [-0.39, 0.29) is 0 Å². The van der Waals surface area contributed by atoms with Crippen LogP contribution < -0.4 is 10.6 Å². The van der Waals surface area contributed by atoms with Gasteiger partial charge in [0.05, 0.1) is 23.3 Å². The molecule has 0 atom stereocenters. The fourth-order valence-electron chi connectivity index (χ4n) is 1.41. The van der Waals surface area contributed by atoms with E-state index in [4.69, 9.17) is 11.6 Å². The number of halogens is 1. The summed E-state index contributed by atoms with van der Waals surface area (Å²) in [4.78, 5) is 9.74. The van der Waals surface area contributed by atoms with Gasteiger partial charge in [0.15, 0.2) is 0 Å². The Kier molecular flexibility index (Phi) is 4.78. The average Bonchev–Trinajstić information content (AvgIpc) is 2.80. The Balaban J connectivity index is 1.92. The van der Waals surface area contributed by atoms with Crippen molar-refractivity contribution >= 4 is 34.6 Å². The molecular formula is C12H15ClN4S. The van der Waals surface area contributed by atoms with Gasteiger partial charge in [-0.1, -0.05) is 18.5 Å². The highest BCUT2D eigenvalue weighted by molar-refractivity contribution is 7.16. The number of hydrogen-bond donors (Lipinski definition) is 2. The Labute approximate surface area is 115 Å². The molecular weight excluding hydrogens is 268 g/mol. The number of hydrogen-bond acceptors (Lipinski definition) is 5. The third kappa shape index (κ3) is 3.85. The first-order valence-electron chi connectivity index (χ1n) is 5.82. The molecule has 4 nitrogen and oxygen atoms in total. The van der Waals surface area contributed by atoms with Crippen LogP contribution in [-0.2, 0) is 6.54 Å². The molecule has 2 aromatic rings. The van der Waals surface area contributed by atoms with E-state index in [1.165, 1.54) is 4.88 Å². The second kappa shape index (κ2) is 6.56. The molecule has 0 radical (unpaired) electrons. The number of thiophene rings is 1. The molecule has 0 unspecified atom stereocenters. The van der Waals surface area contributed by atoms with Gasteiger partial charge in [-0.25, -0.2) is 4.98 Å². The van der Waals surface area contributed by atoms with Crippen LogP contribution in [0.1, 0.15) is 18.2 Å². The van der Waals surface area contributed by atoms with Crippen LogP contribution in [-0.4, -0.2) is 16.5 Å². The maximum Gasteiger partial charge on any atom is 0.147 e. The van der Waals surface area contributed by atoms with Crippen molar-refractivity contribution in [3.8, 4) is 0 Å². The lowest BCUT2D eigenvalue weighted by molar-refractivity contribution is 0.963. The predicted octanol–water partition coefficient (Wildman–Crippen LogP) is 3.63. The molecule has 2 N–H and O–H groups in total. The van der Waals surface area contributed by atoms with E-state index in [0.29, 0.717) is 6.54 Å². The summed E-state index contributed by atoms with van der Waals surface area (Å²) in [7, 11) is 0. The van der Waals surface area contributed by atoms with E-state index in [1.807, 2.05) is 12.1 Å². The van der Waals surface area contributed by atoms with Gasteiger partial charge in [-0.2, -0.15) is 0 Å². The minimum Gasteiger partial charge on any atom is -0.369 e. The molecule has 2 aromatic heterocycles. The van der Waals surface area contributed by atoms with Gasteiger partial charge in [-0.05, 0) is 18.6 Å². The first-order chi connectivity index (χ1) is 8.78. The molecule has 0 saturated carbocycles. The Morgan fingerprint density at radius 3 is 2.67 bits per heavy atom. The summed E-state index contributed by atoms with van der Waals surface area (Å²) >= 11 is 7.44. The van der Waals surface area contributed by atoms with E-state index in [1.54, 1.807) is 23.7 Å². The van der Waals surface area contributed by atoms with Crippen LogP contribution in [0, 0.1) is 0 Å². The Hall–Kier alpha value is -1.33. The molecule has 0 spiro atoms. The van der Waals surface area contributed by atoms with E-state index in [2.05, 4.69) is 27.5 Å². The van der Waals surface area contributed by atoms with Gasteiger partial charge in [-0.3, -0.25) is 4.98 Å². The quantitative estimate of drug-likeness (QED) is 0.849. The van der Waals surface area contributed by atoms with Crippen LogP contribution in [0.2, 0.25) is 4.34 Å². The minimum absolute atomic E-state index is 0.712. The van der Waals surface area contributed by atoms with E-state index >= 15 is 0 Å². The van der Waals surface area contributed by atoms with Gasteiger partial charge in [0, 0.05) is 11.4 Å². The summed E-state index contributed by atoms with van der Waals surface area (Å²) in [5.41, 5.74) is 0. The highest BCUT2D eigenvalue weighted by Gasteiger charge is 2.00. The lowest BCUT2D eigenvalue weighted by Gasteiger charge is -2.07. The normalized spacial score (nSPS) is 10.3. The smallest absolute Gasteiger partial charge is 0.147 e. The summed E-state index contributed by atoms with van der Waals surface area (Å²) in [6.45, 7) is 3.73. The van der Waals surface area contributed by atoms with Gasteiger partial charge in [0.25, 0.3) is 0 Å². The lowest BCUT2D eigenvalue weighted by Crippen LogP contribution is -2.05. The first-order valence-corrected chi connectivity index (χ1v) is 7.01. The molecule has 0 saturated heterocycles. The standard InChI is InChI=1S/C12H15ClN4S/c1-2-5-15-11-7-14-8-12(17-11)16-6-9-3-4-10(13)18-9/h3-4,7-8H,2,5-6H2,1H3,(H2,15,16,17). The molecule has 0 fully saturated rings. The highest BCUT2D eigenvalue weighted by Crippen LogP contribution is 2.22. The first kappa shape index (κ1) is 13.1. The number of anilines is 2. The Bertz CT molecular complexity index is 500. The maximum atomic E-state index is 5.88. The third-order valence-corrected chi connectivity index (χ3v) is 3.49. The number of rotatable bonds is 6. The molecule has 18 heavy (non-hydrogen) atoms. The number of nitrogens with one attached hydrogen (secondary N) is 2. The van der Waals surface area contributed by atoms with Crippen LogP contribution in [0.3, 0.4) is 0 Å². The molecule has 0 aliphatic carbocycles. The molecule has 0 bridgehead atoms. The van der Waals surface area contributed by atoms with Crippen molar-refractivity contribution < 1.29 is 0 Å². The van der Waals surface area contributed by atoms with Gasteiger partial charge >= 0.3 is 0 Å². The van der Waals surface area contributed by atoms with Crippen molar-refractivity contribution in [1.29, 1.82) is 0 Å². The van der Waals surface area contributed by atoms with Crippen LogP contribution in [0.15, 0.2) is 24.5 Å². The van der Waals surface area contributed by atoms with Crippen molar-refractivity contribution in [2.75, 3.05) is 17.2 Å².